The molecule has 152 valence electrons. The molecule has 0 saturated carbocycles. The molecular formula is C26H26N2O2. The van der Waals surface area contributed by atoms with Crippen LogP contribution in [0.4, 0.5) is 10.5 Å². The van der Waals surface area contributed by atoms with Crippen LogP contribution >= 0.6 is 0 Å². The third-order valence-corrected chi connectivity index (χ3v) is 6.48. The molecule has 0 aliphatic carbocycles. The van der Waals surface area contributed by atoms with Crippen LogP contribution in [0.5, 0.6) is 0 Å². The van der Waals surface area contributed by atoms with Crippen LogP contribution < -0.4 is 4.90 Å². The molecule has 3 atom stereocenters. The lowest BCUT2D eigenvalue weighted by atomic mass is 9.79. The summed E-state index contributed by atoms with van der Waals surface area (Å²) in [5.74, 6) is 0.330. The van der Waals surface area contributed by atoms with Gasteiger partial charge >= 0.3 is 6.09 Å². The average molecular weight is 399 g/mol. The SMILES string of the molecule is CN1c2ccccc2[C@@H]2[C@@H](CCN2C(=O)OCc2ccccc2)[C@H]1c1ccccc1. The third kappa shape index (κ3) is 3.22. The van der Waals surface area contributed by atoms with Gasteiger partial charge in [-0.1, -0.05) is 78.9 Å². The lowest BCUT2D eigenvalue weighted by Gasteiger charge is -2.45. The van der Waals surface area contributed by atoms with Gasteiger partial charge in [-0.05, 0) is 29.2 Å². The van der Waals surface area contributed by atoms with Gasteiger partial charge in [-0.15, -0.1) is 0 Å². The van der Waals surface area contributed by atoms with Crippen LogP contribution in [0.3, 0.4) is 0 Å². The molecule has 2 aliphatic rings. The summed E-state index contributed by atoms with van der Waals surface area (Å²) in [6.07, 6.45) is 0.737. The van der Waals surface area contributed by atoms with Gasteiger partial charge in [-0.25, -0.2) is 4.79 Å². The van der Waals surface area contributed by atoms with Gasteiger partial charge in [0.2, 0.25) is 0 Å². The molecule has 1 fully saturated rings. The molecule has 3 aromatic rings. The molecule has 0 radical (unpaired) electrons. The Labute approximate surface area is 177 Å². The molecule has 0 bridgehead atoms. The predicted molar refractivity (Wildman–Crippen MR) is 118 cm³/mol. The number of nitrogens with zero attached hydrogens (tertiary/aromatic N) is 2. The zero-order valence-electron chi connectivity index (χ0n) is 17.1. The Bertz CT molecular complexity index is 1020. The van der Waals surface area contributed by atoms with Gasteiger partial charge in [-0.3, -0.25) is 0 Å². The molecule has 1 saturated heterocycles. The lowest BCUT2D eigenvalue weighted by Crippen LogP contribution is -2.41. The number of fused-ring (bicyclic) bond motifs is 3. The fourth-order valence-corrected chi connectivity index (χ4v) is 5.17. The van der Waals surface area contributed by atoms with E-state index in [1.165, 1.54) is 16.8 Å². The smallest absolute Gasteiger partial charge is 0.410 e. The number of rotatable bonds is 3. The maximum atomic E-state index is 13.1. The summed E-state index contributed by atoms with van der Waals surface area (Å²) in [5.41, 5.74) is 4.71. The monoisotopic (exact) mass is 398 g/mol. The summed E-state index contributed by atoms with van der Waals surface area (Å²) in [6.45, 7) is 1.02. The van der Waals surface area contributed by atoms with Gasteiger partial charge in [0.1, 0.15) is 6.61 Å². The van der Waals surface area contributed by atoms with Crippen LogP contribution in [0, 0.1) is 5.92 Å². The molecule has 1 amide bonds. The Morgan fingerprint density at radius 2 is 1.57 bits per heavy atom. The van der Waals surface area contributed by atoms with Gasteiger partial charge in [0.05, 0.1) is 12.1 Å². The van der Waals surface area contributed by atoms with E-state index in [0.29, 0.717) is 19.1 Å². The van der Waals surface area contributed by atoms with E-state index in [4.69, 9.17) is 4.74 Å². The molecule has 30 heavy (non-hydrogen) atoms. The van der Waals surface area contributed by atoms with E-state index in [1.54, 1.807) is 0 Å². The first-order chi connectivity index (χ1) is 14.7. The van der Waals surface area contributed by atoms with Crippen molar-refractivity contribution in [3.05, 3.63) is 102 Å². The minimum absolute atomic E-state index is 0.0332. The van der Waals surface area contributed by atoms with Crippen molar-refractivity contribution in [1.82, 2.24) is 4.90 Å². The molecule has 4 heteroatoms. The quantitative estimate of drug-likeness (QED) is 0.578. The van der Waals surface area contributed by atoms with Crippen LogP contribution in [-0.2, 0) is 11.3 Å². The number of amides is 1. The van der Waals surface area contributed by atoms with Gasteiger partial charge in [0.25, 0.3) is 0 Å². The minimum Gasteiger partial charge on any atom is -0.445 e. The average Bonchev–Trinajstić information content (AvgIpc) is 3.24. The highest BCUT2D eigenvalue weighted by Gasteiger charge is 2.48. The number of carbonyl (C=O) groups excluding carboxylic acids is 1. The van der Waals surface area contributed by atoms with Crippen molar-refractivity contribution in [2.75, 3.05) is 18.5 Å². The normalized spacial score (nSPS) is 22.4. The van der Waals surface area contributed by atoms with Crippen LogP contribution in [0.1, 0.15) is 35.2 Å². The number of benzene rings is 3. The standard InChI is InChI=1S/C26H26N2O2/c1-27-23-15-9-8-14-21(23)25-22(24(27)20-12-6-3-7-13-20)16-17-28(25)26(29)30-18-19-10-4-2-5-11-19/h2-15,22,24-25H,16-18H2,1H3/t22-,24+,25+/m0/s1. The summed E-state index contributed by atoms with van der Waals surface area (Å²) >= 11 is 0. The molecule has 2 heterocycles. The van der Waals surface area contributed by atoms with Crippen LogP contribution in [0.15, 0.2) is 84.9 Å². The van der Waals surface area contributed by atoms with Crippen molar-refractivity contribution in [2.45, 2.75) is 25.1 Å². The molecule has 4 nitrogen and oxygen atoms in total. The number of ether oxygens (including phenoxy) is 1. The summed E-state index contributed by atoms with van der Waals surface area (Å²) in [5, 5.41) is 0. The molecule has 0 N–H and O–H groups in total. The molecule has 2 aliphatic heterocycles. The number of hydrogen-bond acceptors (Lipinski definition) is 3. The molecule has 0 aromatic heterocycles. The van der Waals surface area contributed by atoms with E-state index in [9.17, 15) is 4.79 Å². The highest BCUT2D eigenvalue weighted by molar-refractivity contribution is 5.71. The maximum Gasteiger partial charge on any atom is 0.410 e. The Morgan fingerprint density at radius 1 is 0.900 bits per heavy atom. The van der Waals surface area contributed by atoms with Crippen molar-refractivity contribution in [1.29, 1.82) is 0 Å². The lowest BCUT2D eigenvalue weighted by molar-refractivity contribution is 0.0856. The van der Waals surface area contributed by atoms with E-state index in [1.807, 2.05) is 35.2 Å². The summed E-state index contributed by atoms with van der Waals surface area (Å²) in [4.78, 5) is 17.4. The van der Waals surface area contributed by atoms with Gasteiger partial charge in [0.15, 0.2) is 0 Å². The minimum atomic E-state index is -0.225. The van der Waals surface area contributed by atoms with Crippen molar-refractivity contribution >= 4 is 11.8 Å². The zero-order chi connectivity index (χ0) is 20.5. The third-order valence-electron chi connectivity index (χ3n) is 6.48. The van der Waals surface area contributed by atoms with Gasteiger partial charge < -0.3 is 14.5 Å². The second kappa shape index (κ2) is 7.86. The Balaban J connectivity index is 1.46. The highest BCUT2D eigenvalue weighted by Crippen LogP contribution is 2.53. The number of carbonyl (C=O) groups is 1. The second-order valence-corrected chi connectivity index (χ2v) is 8.16. The largest absolute Gasteiger partial charge is 0.445 e. The number of hydrogen-bond donors (Lipinski definition) is 0. The first-order valence-electron chi connectivity index (χ1n) is 10.6. The van der Waals surface area contributed by atoms with Gasteiger partial charge in [-0.2, -0.15) is 0 Å². The Hall–Kier alpha value is -3.27. The highest BCUT2D eigenvalue weighted by atomic mass is 16.6. The fraction of sp³-hybridized carbons (Fsp3) is 0.269. The van der Waals surface area contributed by atoms with E-state index < -0.39 is 0 Å². The number of para-hydroxylation sites is 1. The summed E-state index contributed by atoms with van der Waals surface area (Å²) in [6, 6.07) is 29.2. The Morgan fingerprint density at radius 3 is 2.33 bits per heavy atom. The van der Waals surface area contributed by atoms with E-state index in [2.05, 4.69) is 66.5 Å². The van der Waals surface area contributed by atoms with Gasteiger partial charge in [0, 0.05) is 25.2 Å². The van der Waals surface area contributed by atoms with Crippen molar-refractivity contribution in [3.63, 3.8) is 0 Å². The van der Waals surface area contributed by atoms with E-state index in [-0.39, 0.29) is 18.2 Å². The predicted octanol–water partition coefficient (Wildman–Crippen LogP) is 5.58. The van der Waals surface area contributed by atoms with Crippen LogP contribution in [0.25, 0.3) is 0 Å². The molecule has 3 aromatic carbocycles. The zero-order valence-corrected chi connectivity index (χ0v) is 17.1. The first kappa shape index (κ1) is 18.7. The molecular weight excluding hydrogens is 372 g/mol. The molecule has 5 rings (SSSR count). The topological polar surface area (TPSA) is 32.8 Å². The number of likely N-dealkylation sites (tertiary alicyclic amines) is 1. The van der Waals surface area contributed by atoms with Crippen LogP contribution in [-0.4, -0.2) is 24.6 Å². The van der Waals surface area contributed by atoms with E-state index >= 15 is 0 Å². The maximum absolute atomic E-state index is 13.1. The van der Waals surface area contributed by atoms with Crippen LogP contribution in [0.2, 0.25) is 0 Å². The molecule has 0 spiro atoms. The van der Waals surface area contributed by atoms with Crippen molar-refractivity contribution in [2.24, 2.45) is 5.92 Å². The van der Waals surface area contributed by atoms with Crippen molar-refractivity contribution < 1.29 is 9.53 Å². The number of anilines is 1. The summed E-state index contributed by atoms with van der Waals surface area (Å²) in [7, 11) is 2.17. The second-order valence-electron chi connectivity index (χ2n) is 8.16. The van der Waals surface area contributed by atoms with E-state index in [0.717, 1.165) is 12.0 Å². The fourth-order valence-electron chi connectivity index (χ4n) is 5.17. The first-order valence-corrected chi connectivity index (χ1v) is 10.6. The Kier molecular flexibility index (Phi) is 4.91. The summed E-state index contributed by atoms with van der Waals surface area (Å²) < 4.78 is 5.72. The van der Waals surface area contributed by atoms with Crippen molar-refractivity contribution in [3.8, 4) is 0 Å². The molecule has 0 unspecified atom stereocenters.